The molecule has 1 rings (SSSR count). The second kappa shape index (κ2) is 7.58. The van der Waals surface area contributed by atoms with Crippen LogP contribution in [0.2, 0.25) is 0 Å². The average molecular weight is 359 g/mol. The highest BCUT2D eigenvalue weighted by molar-refractivity contribution is 9.10. The van der Waals surface area contributed by atoms with Gasteiger partial charge in [0.1, 0.15) is 0 Å². The average Bonchev–Trinajstić information content (AvgIpc) is 2.43. The van der Waals surface area contributed by atoms with Gasteiger partial charge < -0.3 is 15.5 Å². The summed E-state index contributed by atoms with van der Waals surface area (Å²) in [5.74, 6) is -0.440. The van der Waals surface area contributed by atoms with E-state index in [0.717, 1.165) is 0 Å². The van der Waals surface area contributed by atoms with Crippen molar-refractivity contribution in [1.29, 1.82) is 0 Å². The summed E-state index contributed by atoms with van der Waals surface area (Å²) in [6.45, 7) is 0.490. The van der Waals surface area contributed by atoms with E-state index in [4.69, 9.17) is 0 Å². The molecule has 0 fully saturated rings. The molecule has 0 aliphatic rings. The highest BCUT2D eigenvalue weighted by atomic mass is 79.9. The van der Waals surface area contributed by atoms with E-state index in [2.05, 4.69) is 26.6 Å². The fourth-order valence-electron chi connectivity index (χ4n) is 1.40. The summed E-state index contributed by atoms with van der Waals surface area (Å²) in [6.07, 6.45) is 0. The van der Waals surface area contributed by atoms with E-state index >= 15 is 0 Å². The summed E-state index contributed by atoms with van der Waals surface area (Å²) in [6, 6.07) is 3.85. The van der Waals surface area contributed by atoms with Gasteiger partial charge in [-0.05, 0) is 28.1 Å². The maximum Gasteiger partial charge on any atom is 0.316 e. The van der Waals surface area contributed by atoms with Gasteiger partial charge >= 0.3 is 6.03 Å². The molecule has 114 valence electrons. The van der Waals surface area contributed by atoms with Crippen molar-refractivity contribution in [2.45, 2.75) is 0 Å². The first-order chi connectivity index (χ1) is 9.82. The summed E-state index contributed by atoms with van der Waals surface area (Å²) in [4.78, 5) is 34.7. The Kier molecular flexibility index (Phi) is 6.10. The quantitative estimate of drug-likeness (QED) is 0.470. The van der Waals surface area contributed by atoms with Crippen molar-refractivity contribution >= 4 is 33.6 Å². The van der Waals surface area contributed by atoms with Crippen LogP contribution in [0.25, 0.3) is 0 Å². The normalized spacial score (nSPS) is 9.86. The largest absolute Gasteiger partial charge is 0.350 e. The Hall–Kier alpha value is -2.16. The van der Waals surface area contributed by atoms with E-state index in [1.165, 1.54) is 23.1 Å². The van der Waals surface area contributed by atoms with Crippen molar-refractivity contribution in [2.75, 3.05) is 27.2 Å². The molecule has 0 atom stereocenters. The van der Waals surface area contributed by atoms with Crippen LogP contribution < -0.4 is 10.6 Å². The zero-order valence-electron chi connectivity index (χ0n) is 11.6. The molecule has 8 nitrogen and oxygen atoms in total. The third-order valence-corrected chi connectivity index (χ3v) is 3.17. The van der Waals surface area contributed by atoms with Gasteiger partial charge in [-0.25, -0.2) is 4.79 Å². The summed E-state index contributed by atoms with van der Waals surface area (Å²) in [7, 11) is 3.21. The molecule has 1 aromatic carbocycles. The van der Waals surface area contributed by atoms with Crippen LogP contribution in [0.5, 0.6) is 0 Å². The predicted molar refractivity (Wildman–Crippen MR) is 80.2 cm³/mol. The van der Waals surface area contributed by atoms with Crippen LogP contribution in [0.3, 0.4) is 0 Å². The molecule has 0 spiro atoms. The second-order valence-electron chi connectivity index (χ2n) is 4.31. The summed E-state index contributed by atoms with van der Waals surface area (Å²) < 4.78 is 0.308. The zero-order chi connectivity index (χ0) is 16.0. The Bertz CT molecular complexity index is 562. The smallest absolute Gasteiger partial charge is 0.316 e. The number of benzene rings is 1. The highest BCUT2D eigenvalue weighted by Crippen LogP contribution is 2.25. The maximum atomic E-state index is 11.8. The monoisotopic (exact) mass is 358 g/mol. The summed E-state index contributed by atoms with van der Waals surface area (Å²) in [5.41, 5.74) is 0.00685. The van der Waals surface area contributed by atoms with Crippen LogP contribution >= 0.6 is 15.9 Å². The van der Waals surface area contributed by atoms with Crippen LogP contribution in [-0.2, 0) is 0 Å². The zero-order valence-corrected chi connectivity index (χ0v) is 13.1. The van der Waals surface area contributed by atoms with E-state index in [-0.39, 0.29) is 30.4 Å². The molecule has 0 unspecified atom stereocenters. The van der Waals surface area contributed by atoms with Gasteiger partial charge in [-0.15, -0.1) is 0 Å². The molecule has 0 radical (unpaired) electrons. The van der Waals surface area contributed by atoms with E-state index in [1.807, 2.05) is 0 Å². The third kappa shape index (κ3) is 5.03. The number of hydrogen-bond acceptors (Lipinski definition) is 4. The summed E-state index contributed by atoms with van der Waals surface area (Å²) in [5, 5.41) is 15.9. The number of urea groups is 1. The number of amides is 3. The van der Waals surface area contributed by atoms with Crippen molar-refractivity contribution in [3.05, 3.63) is 38.3 Å². The molecular formula is C12H15BrN4O4. The van der Waals surface area contributed by atoms with Gasteiger partial charge in [0.15, 0.2) is 0 Å². The van der Waals surface area contributed by atoms with Crippen molar-refractivity contribution in [3.63, 3.8) is 0 Å². The van der Waals surface area contributed by atoms with Crippen LogP contribution in [0, 0.1) is 10.1 Å². The molecule has 21 heavy (non-hydrogen) atoms. The highest BCUT2D eigenvalue weighted by Gasteiger charge is 2.15. The number of nitrogens with one attached hydrogen (secondary N) is 2. The van der Waals surface area contributed by atoms with Gasteiger partial charge in [0, 0.05) is 38.8 Å². The topological polar surface area (TPSA) is 105 Å². The van der Waals surface area contributed by atoms with E-state index in [1.54, 1.807) is 14.1 Å². The summed E-state index contributed by atoms with van der Waals surface area (Å²) >= 11 is 3.05. The number of carbonyl (C=O) groups excluding carboxylic acids is 2. The first kappa shape index (κ1) is 16.9. The molecule has 9 heteroatoms. The number of nitro groups is 1. The Labute approximate surface area is 129 Å². The Morgan fingerprint density at radius 2 is 1.90 bits per heavy atom. The first-order valence-corrected chi connectivity index (χ1v) is 6.79. The second-order valence-corrected chi connectivity index (χ2v) is 5.16. The van der Waals surface area contributed by atoms with Gasteiger partial charge in [-0.2, -0.15) is 0 Å². The van der Waals surface area contributed by atoms with Crippen LogP contribution in [0.15, 0.2) is 22.7 Å². The Balaban J connectivity index is 2.55. The fraction of sp³-hybridized carbons (Fsp3) is 0.333. The molecule has 0 aromatic heterocycles. The minimum Gasteiger partial charge on any atom is -0.350 e. The minimum absolute atomic E-state index is 0.177. The molecule has 0 heterocycles. The number of nitro benzene ring substituents is 1. The van der Waals surface area contributed by atoms with Gasteiger partial charge in [0.2, 0.25) is 0 Å². The molecule has 3 amide bonds. The van der Waals surface area contributed by atoms with E-state index < -0.39 is 10.8 Å². The van der Waals surface area contributed by atoms with Crippen molar-refractivity contribution < 1.29 is 14.5 Å². The Morgan fingerprint density at radius 3 is 2.48 bits per heavy atom. The SMILES string of the molecule is CN(C)C(=O)NCCNC(=O)c1ccc(Br)c([N+](=O)[O-])c1. The van der Waals surface area contributed by atoms with E-state index in [0.29, 0.717) is 4.47 Å². The molecule has 0 bridgehead atoms. The van der Waals surface area contributed by atoms with Crippen LogP contribution in [-0.4, -0.2) is 48.9 Å². The van der Waals surface area contributed by atoms with Crippen LogP contribution in [0.4, 0.5) is 10.5 Å². The van der Waals surface area contributed by atoms with Crippen molar-refractivity contribution in [2.24, 2.45) is 0 Å². The lowest BCUT2D eigenvalue weighted by Gasteiger charge is -2.12. The standard InChI is InChI=1S/C12H15BrN4O4/c1-16(2)12(19)15-6-5-14-11(18)8-3-4-9(13)10(7-8)17(20)21/h3-4,7H,5-6H2,1-2H3,(H,14,18)(H,15,19). The van der Waals surface area contributed by atoms with Gasteiger partial charge in [0.25, 0.3) is 11.6 Å². The number of carbonyl (C=O) groups is 2. The molecule has 2 N–H and O–H groups in total. The molecule has 0 aliphatic carbocycles. The molecule has 1 aromatic rings. The third-order valence-electron chi connectivity index (χ3n) is 2.50. The molecular weight excluding hydrogens is 344 g/mol. The lowest BCUT2D eigenvalue weighted by molar-refractivity contribution is -0.385. The van der Waals surface area contributed by atoms with Gasteiger partial charge in [-0.3, -0.25) is 14.9 Å². The number of nitrogens with zero attached hydrogens (tertiary/aromatic N) is 2. The lowest BCUT2D eigenvalue weighted by Crippen LogP contribution is -2.39. The first-order valence-electron chi connectivity index (χ1n) is 6.00. The van der Waals surface area contributed by atoms with Gasteiger partial charge in [0.05, 0.1) is 9.40 Å². The fourth-order valence-corrected chi connectivity index (χ4v) is 1.79. The number of halogens is 1. The predicted octanol–water partition coefficient (Wildman–Crippen LogP) is 1.36. The number of rotatable bonds is 5. The minimum atomic E-state index is -0.571. The molecule has 0 saturated carbocycles. The molecule has 0 aliphatic heterocycles. The Morgan fingerprint density at radius 1 is 1.29 bits per heavy atom. The molecule has 0 saturated heterocycles. The van der Waals surface area contributed by atoms with E-state index in [9.17, 15) is 19.7 Å². The lowest BCUT2D eigenvalue weighted by atomic mass is 10.2. The maximum absolute atomic E-state index is 11.8. The van der Waals surface area contributed by atoms with Crippen molar-refractivity contribution in [3.8, 4) is 0 Å². The van der Waals surface area contributed by atoms with Gasteiger partial charge in [-0.1, -0.05) is 0 Å². The van der Waals surface area contributed by atoms with Crippen molar-refractivity contribution in [1.82, 2.24) is 15.5 Å². The number of hydrogen-bond donors (Lipinski definition) is 2. The van der Waals surface area contributed by atoms with Crippen LogP contribution in [0.1, 0.15) is 10.4 Å².